The van der Waals surface area contributed by atoms with Crippen molar-refractivity contribution in [1.82, 2.24) is 4.98 Å². The Morgan fingerprint density at radius 3 is 3.00 bits per heavy atom. The highest BCUT2D eigenvalue weighted by molar-refractivity contribution is 5.50. The molecule has 0 aliphatic carbocycles. The zero-order valence-corrected chi connectivity index (χ0v) is 6.33. The number of nitrogens with zero attached hydrogens (tertiary/aromatic N) is 1. The molecular formula is C7H11N3O. The van der Waals surface area contributed by atoms with E-state index in [-0.39, 0.29) is 0 Å². The number of nitrogen functional groups attached to an aromatic ring is 1. The lowest BCUT2D eigenvalue weighted by Gasteiger charge is -2.03. The second kappa shape index (κ2) is 3.21. The van der Waals surface area contributed by atoms with Crippen molar-refractivity contribution in [2.24, 2.45) is 0 Å². The Balaban J connectivity index is 3.02. The Labute approximate surface area is 65.0 Å². The molecule has 0 aromatic carbocycles. The monoisotopic (exact) mass is 153 g/mol. The van der Waals surface area contributed by atoms with E-state index in [2.05, 4.69) is 4.98 Å². The van der Waals surface area contributed by atoms with Crippen LogP contribution in [0.4, 0.5) is 11.5 Å². The molecule has 0 bridgehead atoms. The third-order valence-electron chi connectivity index (χ3n) is 1.51. The summed E-state index contributed by atoms with van der Waals surface area (Å²) >= 11 is 0. The van der Waals surface area contributed by atoms with Gasteiger partial charge in [-0.1, -0.05) is 6.92 Å². The minimum absolute atomic E-state index is 0.520. The van der Waals surface area contributed by atoms with E-state index in [1.54, 1.807) is 6.07 Å². The molecule has 1 rings (SSSR count). The van der Waals surface area contributed by atoms with Crippen molar-refractivity contribution >= 4 is 11.5 Å². The Kier molecular flexibility index (Phi) is 2.28. The van der Waals surface area contributed by atoms with Crippen LogP contribution in [0.5, 0.6) is 0 Å². The summed E-state index contributed by atoms with van der Waals surface area (Å²) in [6, 6.07) is 1.77. The molecule has 4 heteroatoms. The first-order chi connectivity index (χ1) is 5.27. The number of nitrogens with one attached hydrogen (secondary N) is 1. The molecule has 0 fully saturated rings. The van der Waals surface area contributed by atoms with Gasteiger partial charge in [0.15, 0.2) is 0 Å². The molecule has 0 saturated heterocycles. The Morgan fingerprint density at radius 2 is 2.45 bits per heavy atom. The minimum atomic E-state index is 0.520. The summed E-state index contributed by atoms with van der Waals surface area (Å²) in [5, 5.41) is 8.52. The van der Waals surface area contributed by atoms with Gasteiger partial charge in [0.25, 0.3) is 0 Å². The third-order valence-corrected chi connectivity index (χ3v) is 1.51. The second-order valence-electron chi connectivity index (χ2n) is 2.23. The first-order valence-electron chi connectivity index (χ1n) is 3.42. The normalized spacial score (nSPS) is 9.64. The fourth-order valence-corrected chi connectivity index (χ4v) is 0.865. The fraction of sp³-hybridized carbons (Fsp3) is 0.286. The van der Waals surface area contributed by atoms with Gasteiger partial charge >= 0.3 is 0 Å². The van der Waals surface area contributed by atoms with Crippen molar-refractivity contribution < 1.29 is 5.21 Å². The zero-order valence-electron chi connectivity index (χ0n) is 6.33. The van der Waals surface area contributed by atoms with Crippen molar-refractivity contribution in [3.8, 4) is 0 Å². The van der Waals surface area contributed by atoms with Crippen LogP contribution >= 0.6 is 0 Å². The van der Waals surface area contributed by atoms with E-state index in [1.807, 2.05) is 12.4 Å². The van der Waals surface area contributed by atoms with Gasteiger partial charge in [-0.15, -0.1) is 0 Å². The number of hydrogen-bond donors (Lipinski definition) is 3. The van der Waals surface area contributed by atoms with Crippen LogP contribution in [0.3, 0.4) is 0 Å². The molecule has 0 aliphatic heterocycles. The summed E-state index contributed by atoms with van der Waals surface area (Å²) in [6.45, 7) is 1.98. The van der Waals surface area contributed by atoms with Crippen LogP contribution in [0.1, 0.15) is 12.5 Å². The van der Waals surface area contributed by atoms with Crippen LogP contribution in [0.25, 0.3) is 0 Å². The highest BCUT2D eigenvalue weighted by Gasteiger charge is 1.98. The highest BCUT2D eigenvalue weighted by Crippen LogP contribution is 2.13. The van der Waals surface area contributed by atoms with E-state index in [9.17, 15) is 0 Å². The minimum Gasteiger partial charge on any atom is -0.383 e. The summed E-state index contributed by atoms with van der Waals surface area (Å²) in [5.41, 5.74) is 9.05. The van der Waals surface area contributed by atoms with Crippen LogP contribution in [-0.2, 0) is 6.42 Å². The standard InChI is InChI=1S/C7H11N3O/c1-2-5-3-6(10-11)4-9-7(5)8/h3-4,10-11H,2H2,1H3,(H2,8,9). The number of aryl methyl sites for hydroxylation is 1. The molecule has 4 N–H and O–H groups in total. The topological polar surface area (TPSA) is 71.2 Å². The molecule has 0 saturated carbocycles. The van der Waals surface area contributed by atoms with Gasteiger partial charge in [-0.2, -0.15) is 0 Å². The Hall–Kier alpha value is -1.29. The molecule has 4 nitrogen and oxygen atoms in total. The van der Waals surface area contributed by atoms with Gasteiger partial charge in [0.1, 0.15) is 5.82 Å². The van der Waals surface area contributed by atoms with Crippen molar-refractivity contribution in [2.75, 3.05) is 11.2 Å². The van der Waals surface area contributed by atoms with Crippen LogP contribution in [0.2, 0.25) is 0 Å². The lowest BCUT2D eigenvalue weighted by atomic mass is 10.2. The van der Waals surface area contributed by atoms with Crippen LogP contribution in [-0.4, -0.2) is 10.2 Å². The van der Waals surface area contributed by atoms with Gasteiger partial charge in [0, 0.05) is 0 Å². The number of hydrogen-bond acceptors (Lipinski definition) is 4. The number of rotatable bonds is 2. The lowest BCUT2D eigenvalue weighted by molar-refractivity contribution is 0.388. The quantitative estimate of drug-likeness (QED) is 0.555. The van der Waals surface area contributed by atoms with E-state index in [4.69, 9.17) is 10.9 Å². The maximum absolute atomic E-state index is 8.52. The van der Waals surface area contributed by atoms with Crippen LogP contribution < -0.4 is 11.2 Å². The summed E-state index contributed by atoms with van der Waals surface area (Å²) in [6.07, 6.45) is 2.29. The van der Waals surface area contributed by atoms with Gasteiger partial charge in [-0.3, -0.25) is 10.7 Å². The molecule has 0 unspecified atom stereocenters. The molecule has 1 aromatic rings. The number of anilines is 2. The third kappa shape index (κ3) is 1.59. The van der Waals surface area contributed by atoms with Gasteiger partial charge in [-0.25, -0.2) is 4.98 Å². The zero-order chi connectivity index (χ0) is 8.27. The van der Waals surface area contributed by atoms with Crippen molar-refractivity contribution in [1.29, 1.82) is 0 Å². The van der Waals surface area contributed by atoms with Gasteiger partial charge < -0.3 is 5.73 Å². The van der Waals surface area contributed by atoms with Crippen molar-refractivity contribution in [2.45, 2.75) is 13.3 Å². The number of pyridine rings is 1. The number of aromatic nitrogens is 1. The Morgan fingerprint density at radius 1 is 1.73 bits per heavy atom. The second-order valence-corrected chi connectivity index (χ2v) is 2.23. The van der Waals surface area contributed by atoms with Gasteiger partial charge in [-0.05, 0) is 18.1 Å². The number of nitrogens with two attached hydrogens (primary N) is 1. The summed E-state index contributed by atoms with van der Waals surface area (Å²) < 4.78 is 0. The molecule has 11 heavy (non-hydrogen) atoms. The highest BCUT2D eigenvalue weighted by atomic mass is 16.5. The van der Waals surface area contributed by atoms with Crippen molar-refractivity contribution in [3.63, 3.8) is 0 Å². The molecule has 1 heterocycles. The summed E-state index contributed by atoms with van der Waals surface area (Å²) in [5.74, 6) is 0.520. The lowest BCUT2D eigenvalue weighted by Crippen LogP contribution is -1.99. The first-order valence-corrected chi connectivity index (χ1v) is 3.42. The molecule has 0 aliphatic rings. The van der Waals surface area contributed by atoms with Gasteiger partial charge in [0.05, 0.1) is 11.9 Å². The van der Waals surface area contributed by atoms with Crippen LogP contribution in [0.15, 0.2) is 12.3 Å². The largest absolute Gasteiger partial charge is 0.383 e. The van der Waals surface area contributed by atoms with E-state index in [0.29, 0.717) is 11.5 Å². The predicted octanol–water partition coefficient (Wildman–Crippen LogP) is 1.03. The average molecular weight is 153 g/mol. The van der Waals surface area contributed by atoms with E-state index in [1.165, 1.54) is 6.20 Å². The fourth-order valence-electron chi connectivity index (χ4n) is 0.865. The average Bonchev–Trinajstić information content (AvgIpc) is 2.05. The molecule has 0 radical (unpaired) electrons. The summed E-state index contributed by atoms with van der Waals surface area (Å²) in [4.78, 5) is 3.88. The molecule has 0 spiro atoms. The van der Waals surface area contributed by atoms with Crippen molar-refractivity contribution in [3.05, 3.63) is 17.8 Å². The predicted molar refractivity (Wildman–Crippen MR) is 43.4 cm³/mol. The Bertz CT molecular complexity index is 249. The van der Waals surface area contributed by atoms with E-state index < -0.39 is 0 Å². The van der Waals surface area contributed by atoms with Crippen LogP contribution in [0, 0.1) is 0 Å². The summed E-state index contributed by atoms with van der Waals surface area (Å²) in [7, 11) is 0. The maximum Gasteiger partial charge on any atom is 0.126 e. The first kappa shape index (κ1) is 7.81. The molecule has 60 valence electrons. The molecule has 0 amide bonds. The van der Waals surface area contributed by atoms with E-state index in [0.717, 1.165) is 12.0 Å². The molecular weight excluding hydrogens is 142 g/mol. The molecule has 0 atom stereocenters. The SMILES string of the molecule is CCc1cc(NO)cnc1N. The molecule has 1 aromatic heterocycles. The smallest absolute Gasteiger partial charge is 0.126 e. The van der Waals surface area contributed by atoms with E-state index >= 15 is 0 Å². The maximum atomic E-state index is 8.52. The van der Waals surface area contributed by atoms with Gasteiger partial charge in [0.2, 0.25) is 0 Å².